The van der Waals surface area contributed by atoms with E-state index in [1.807, 2.05) is 11.0 Å². The summed E-state index contributed by atoms with van der Waals surface area (Å²) in [4.78, 5) is 28.6. The first-order valence-corrected chi connectivity index (χ1v) is 11.0. The first kappa shape index (κ1) is 22.0. The van der Waals surface area contributed by atoms with Crippen molar-refractivity contribution in [1.29, 1.82) is 0 Å². The van der Waals surface area contributed by atoms with Gasteiger partial charge >= 0.3 is 0 Å². The molecule has 0 aromatic carbocycles. The molecule has 3 aliphatic rings. The van der Waals surface area contributed by atoms with Crippen LogP contribution in [0.1, 0.15) is 37.4 Å². The van der Waals surface area contributed by atoms with Gasteiger partial charge in [0.1, 0.15) is 11.9 Å². The predicted octanol–water partition coefficient (Wildman–Crippen LogP) is 1.92. The average Bonchev–Trinajstić information content (AvgIpc) is 3.32. The van der Waals surface area contributed by atoms with E-state index in [0.29, 0.717) is 45.0 Å². The number of ether oxygens (including phenoxy) is 1. The second kappa shape index (κ2) is 9.10. The molecule has 172 valence electrons. The van der Waals surface area contributed by atoms with Crippen LogP contribution >= 0.6 is 0 Å². The summed E-state index contributed by atoms with van der Waals surface area (Å²) >= 11 is 0. The molecule has 1 aromatic heterocycles. The molecule has 0 spiro atoms. The Hall–Kier alpha value is -2.23. The maximum absolute atomic E-state index is 13.6. The normalized spacial score (nSPS) is 27.0. The highest BCUT2D eigenvalue weighted by molar-refractivity contribution is 5.89. The minimum atomic E-state index is -2.47. The summed E-state index contributed by atoms with van der Waals surface area (Å²) in [6.07, 6.45) is -0.353. The van der Waals surface area contributed by atoms with E-state index in [9.17, 15) is 18.4 Å². The van der Waals surface area contributed by atoms with Crippen molar-refractivity contribution < 1.29 is 23.1 Å². The first-order chi connectivity index (χ1) is 14.9. The van der Waals surface area contributed by atoms with E-state index in [1.165, 1.54) is 4.68 Å². The number of nitrogens with zero attached hydrogens (tertiary/aromatic N) is 4. The van der Waals surface area contributed by atoms with Gasteiger partial charge < -0.3 is 19.9 Å². The molecule has 1 aromatic rings. The van der Waals surface area contributed by atoms with E-state index >= 15 is 0 Å². The molecule has 0 unspecified atom stereocenters. The van der Waals surface area contributed by atoms with Crippen LogP contribution in [0, 0.1) is 18.8 Å². The molecule has 3 aliphatic heterocycles. The number of anilines is 1. The SMILES string of the molecule is COCCN1C[C@@H](C(=O)N2CCC([C@@H]3C[C@H](C(F)F)n4nc(C)cc4N3)CC2)CC1=O. The van der Waals surface area contributed by atoms with Crippen molar-refractivity contribution in [3.05, 3.63) is 11.8 Å². The fraction of sp³-hybridized carbons (Fsp3) is 0.762. The molecule has 0 saturated carbocycles. The van der Waals surface area contributed by atoms with Crippen molar-refractivity contribution in [2.75, 3.05) is 45.2 Å². The Balaban J connectivity index is 1.33. The Bertz CT molecular complexity index is 809. The van der Waals surface area contributed by atoms with Crippen LogP contribution < -0.4 is 5.32 Å². The molecule has 0 radical (unpaired) electrons. The number of likely N-dealkylation sites (tertiary alicyclic amines) is 2. The number of carbonyl (C=O) groups excluding carboxylic acids is 2. The Labute approximate surface area is 180 Å². The second-order valence-corrected chi connectivity index (χ2v) is 8.90. The van der Waals surface area contributed by atoms with Crippen molar-refractivity contribution in [1.82, 2.24) is 19.6 Å². The molecular formula is C21H31F2N5O3. The molecule has 2 amide bonds. The summed E-state index contributed by atoms with van der Waals surface area (Å²) in [6.45, 7) is 4.42. The minimum absolute atomic E-state index is 0.00152. The lowest BCUT2D eigenvalue weighted by Gasteiger charge is -2.41. The van der Waals surface area contributed by atoms with Crippen molar-refractivity contribution in [2.45, 2.75) is 51.1 Å². The summed E-state index contributed by atoms with van der Waals surface area (Å²) in [7, 11) is 1.59. The lowest BCUT2D eigenvalue weighted by Crippen LogP contribution is -2.47. The maximum atomic E-state index is 13.6. The largest absolute Gasteiger partial charge is 0.383 e. The van der Waals surface area contributed by atoms with Crippen LogP contribution in [0.25, 0.3) is 0 Å². The third-order valence-electron chi connectivity index (χ3n) is 6.84. The van der Waals surface area contributed by atoms with Crippen LogP contribution in [0.2, 0.25) is 0 Å². The Morgan fingerprint density at radius 2 is 2.10 bits per heavy atom. The van der Waals surface area contributed by atoms with Crippen LogP contribution in [0.15, 0.2) is 6.07 Å². The monoisotopic (exact) mass is 439 g/mol. The Kier molecular flexibility index (Phi) is 6.45. The second-order valence-electron chi connectivity index (χ2n) is 8.90. The van der Waals surface area contributed by atoms with Gasteiger partial charge in [-0.3, -0.25) is 9.59 Å². The molecular weight excluding hydrogens is 408 g/mol. The van der Waals surface area contributed by atoms with Gasteiger partial charge in [0, 0.05) is 51.8 Å². The predicted molar refractivity (Wildman–Crippen MR) is 110 cm³/mol. The quantitative estimate of drug-likeness (QED) is 0.733. The van der Waals surface area contributed by atoms with E-state index < -0.39 is 12.5 Å². The lowest BCUT2D eigenvalue weighted by atomic mass is 9.84. The number of aryl methyl sites for hydroxylation is 1. The summed E-state index contributed by atoms with van der Waals surface area (Å²) in [5, 5.41) is 7.63. The van der Waals surface area contributed by atoms with Gasteiger partial charge in [0.05, 0.1) is 18.2 Å². The Morgan fingerprint density at radius 3 is 2.77 bits per heavy atom. The number of hydrogen-bond donors (Lipinski definition) is 1. The van der Waals surface area contributed by atoms with Gasteiger partial charge in [0.15, 0.2) is 0 Å². The van der Waals surface area contributed by atoms with Crippen molar-refractivity contribution in [3.8, 4) is 0 Å². The third kappa shape index (κ3) is 4.53. The molecule has 3 atom stereocenters. The number of amides is 2. The summed E-state index contributed by atoms with van der Waals surface area (Å²) in [5.41, 5.74) is 0.722. The van der Waals surface area contributed by atoms with Crippen LogP contribution in [-0.2, 0) is 14.3 Å². The minimum Gasteiger partial charge on any atom is -0.383 e. The average molecular weight is 440 g/mol. The van der Waals surface area contributed by atoms with E-state index in [1.54, 1.807) is 18.9 Å². The zero-order valence-electron chi connectivity index (χ0n) is 18.1. The number of fused-ring (bicyclic) bond motifs is 1. The van der Waals surface area contributed by atoms with Crippen molar-refractivity contribution in [3.63, 3.8) is 0 Å². The van der Waals surface area contributed by atoms with E-state index in [2.05, 4.69) is 10.4 Å². The highest BCUT2D eigenvalue weighted by atomic mass is 19.3. The van der Waals surface area contributed by atoms with Crippen LogP contribution in [-0.4, -0.2) is 83.8 Å². The number of rotatable bonds is 6. The Morgan fingerprint density at radius 1 is 1.35 bits per heavy atom. The molecule has 4 heterocycles. The molecule has 2 fully saturated rings. The maximum Gasteiger partial charge on any atom is 0.260 e. The smallest absolute Gasteiger partial charge is 0.260 e. The van der Waals surface area contributed by atoms with Gasteiger partial charge in [-0.15, -0.1) is 0 Å². The number of piperidine rings is 1. The fourth-order valence-electron chi connectivity index (χ4n) is 5.14. The number of alkyl halides is 2. The van der Waals surface area contributed by atoms with E-state index in [4.69, 9.17) is 4.74 Å². The molecule has 8 nitrogen and oxygen atoms in total. The van der Waals surface area contributed by atoms with Gasteiger partial charge in [0.2, 0.25) is 11.8 Å². The number of hydrogen-bond acceptors (Lipinski definition) is 5. The molecule has 10 heteroatoms. The number of aromatic nitrogens is 2. The molecule has 0 bridgehead atoms. The molecule has 31 heavy (non-hydrogen) atoms. The lowest BCUT2D eigenvalue weighted by molar-refractivity contribution is -0.137. The van der Waals surface area contributed by atoms with Gasteiger partial charge in [-0.2, -0.15) is 5.10 Å². The standard InChI is InChI=1S/C21H31F2N5O3/c1-13-9-18-24-16(11-17(20(22)23)28(18)25-13)14-3-5-26(6-4-14)21(30)15-10-19(29)27(12-15)7-8-31-2/h9,14-17,20,24H,3-8,10-12H2,1-2H3/t15-,16-,17+/m0/s1. The molecule has 2 saturated heterocycles. The number of carbonyl (C=O) groups is 2. The number of halogens is 2. The summed E-state index contributed by atoms with van der Waals surface area (Å²) in [6, 6.07) is 0.835. The summed E-state index contributed by atoms with van der Waals surface area (Å²) in [5.74, 6) is 0.606. The van der Waals surface area contributed by atoms with Crippen LogP contribution in [0.5, 0.6) is 0 Å². The zero-order valence-corrected chi connectivity index (χ0v) is 18.1. The van der Waals surface area contributed by atoms with Crippen molar-refractivity contribution in [2.24, 2.45) is 11.8 Å². The first-order valence-electron chi connectivity index (χ1n) is 11.0. The van der Waals surface area contributed by atoms with Gasteiger partial charge in [0.25, 0.3) is 6.43 Å². The summed E-state index contributed by atoms with van der Waals surface area (Å²) < 4.78 is 33.7. The van der Waals surface area contributed by atoms with Crippen LogP contribution in [0.3, 0.4) is 0 Å². The number of methoxy groups -OCH3 is 1. The number of nitrogens with one attached hydrogen (secondary N) is 1. The van der Waals surface area contributed by atoms with Crippen LogP contribution in [0.4, 0.5) is 14.6 Å². The zero-order chi connectivity index (χ0) is 22.1. The van der Waals surface area contributed by atoms with E-state index in [0.717, 1.165) is 18.5 Å². The van der Waals surface area contributed by atoms with Crippen molar-refractivity contribution >= 4 is 17.6 Å². The fourth-order valence-corrected chi connectivity index (χ4v) is 5.14. The molecule has 0 aliphatic carbocycles. The topological polar surface area (TPSA) is 79.7 Å². The van der Waals surface area contributed by atoms with Gasteiger partial charge in [-0.1, -0.05) is 0 Å². The highest BCUT2D eigenvalue weighted by Crippen LogP contribution is 2.37. The molecule has 4 rings (SSSR count). The molecule has 1 N–H and O–H groups in total. The van der Waals surface area contributed by atoms with Gasteiger partial charge in [-0.25, -0.2) is 13.5 Å². The highest BCUT2D eigenvalue weighted by Gasteiger charge is 2.40. The van der Waals surface area contributed by atoms with Gasteiger partial charge in [-0.05, 0) is 32.1 Å². The third-order valence-corrected chi connectivity index (χ3v) is 6.84. The van der Waals surface area contributed by atoms with E-state index in [-0.39, 0.29) is 36.1 Å².